The summed E-state index contributed by atoms with van der Waals surface area (Å²) >= 11 is 5.63. The molecule has 0 aliphatic rings. The van der Waals surface area contributed by atoms with Crippen molar-refractivity contribution in [1.29, 1.82) is 0 Å². The van der Waals surface area contributed by atoms with E-state index >= 15 is 0 Å². The predicted octanol–water partition coefficient (Wildman–Crippen LogP) is 1.71. The monoisotopic (exact) mass is 231 g/mol. The Labute approximate surface area is 93.4 Å². The minimum absolute atomic E-state index is 0.307. The molecule has 1 heterocycles. The molecule has 1 N–H and O–H groups in total. The van der Waals surface area contributed by atoms with Crippen molar-refractivity contribution in [3.05, 3.63) is 23.7 Å². The van der Waals surface area contributed by atoms with Crippen molar-refractivity contribution in [3.63, 3.8) is 0 Å². The van der Waals surface area contributed by atoms with E-state index in [0.717, 1.165) is 11.3 Å². The van der Waals surface area contributed by atoms with Gasteiger partial charge in [0.15, 0.2) is 0 Å². The first-order valence-electron chi connectivity index (χ1n) is 4.59. The summed E-state index contributed by atoms with van der Waals surface area (Å²) in [7, 11) is 1.82. The van der Waals surface area contributed by atoms with E-state index in [0.29, 0.717) is 13.1 Å². The molecule has 0 saturated heterocycles. The van der Waals surface area contributed by atoms with Crippen LogP contribution >= 0.6 is 11.6 Å². The van der Waals surface area contributed by atoms with Gasteiger partial charge in [-0.05, 0) is 20.0 Å². The number of rotatable bonds is 5. The van der Waals surface area contributed by atoms with E-state index in [4.69, 9.17) is 21.1 Å². The van der Waals surface area contributed by atoms with E-state index in [9.17, 15) is 4.79 Å². The predicted molar refractivity (Wildman–Crippen MR) is 57.1 cm³/mol. The number of hydrogen-bond acceptors (Lipinski definition) is 3. The van der Waals surface area contributed by atoms with Gasteiger partial charge in [-0.15, -0.1) is 11.6 Å². The van der Waals surface area contributed by atoms with Gasteiger partial charge in [0, 0.05) is 18.7 Å². The molecule has 0 saturated carbocycles. The second kappa shape index (κ2) is 5.19. The average molecular weight is 232 g/mol. The van der Waals surface area contributed by atoms with E-state index in [1.54, 1.807) is 6.26 Å². The van der Waals surface area contributed by atoms with Gasteiger partial charge in [-0.2, -0.15) is 0 Å². The molecule has 4 nitrogen and oxygen atoms in total. The zero-order chi connectivity index (χ0) is 11.4. The van der Waals surface area contributed by atoms with Crippen molar-refractivity contribution in [3.8, 4) is 0 Å². The van der Waals surface area contributed by atoms with Crippen LogP contribution in [0.15, 0.2) is 16.7 Å². The molecule has 0 radical (unpaired) electrons. The standard InChI is InChI=1S/C10H14ClNO3/c1-7-8(3-4-15-7)5-12(2)6-9(11)10(13)14/h3-4,9H,5-6H2,1-2H3,(H,13,14). The molecule has 1 atom stereocenters. The molecule has 0 spiro atoms. The maximum absolute atomic E-state index is 10.5. The van der Waals surface area contributed by atoms with E-state index in [1.165, 1.54) is 0 Å². The molecule has 1 unspecified atom stereocenters. The van der Waals surface area contributed by atoms with Crippen molar-refractivity contribution in [1.82, 2.24) is 4.90 Å². The fourth-order valence-electron chi connectivity index (χ4n) is 1.28. The van der Waals surface area contributed by atoms with Crippen LogP contribution in [-0.4, -0.2) is 34.9 Å². The van der Waals surface area contributed by atoms with Crippen LogP contribution in [0, 0.1) is 6.92 Å². The Morgan fingerprint density at radius 2 is 2.40 bits per heavy atom. The van der Waals surface area contributed by atoms with Gasteiger partial charge < -0.3 is 9.52 Å². The Morgan fingerprint density at radius 1 is 1.73 bits per heavy atom. The number of furan rings is 1. The minimum Gasteiger partial charge on any atom is -0.480 e. The number of nitrogens with zero attached hydrogens (tertiary/aromatic N) is 1. The third-order valence-corrected chi connectivity index (χ3v) is 2.47. The Hall–Kier alpha value is -1.00. The van der Waals surface area contributed by atoms with Crippen LogP contribution in [0.2, 0.25) is 0 Å². The fraction of sp³-hybridized carbons (Fsp3) is 0.500. The Balaban J connectivity index is 2.46. The van der Waals surface area contributed by atoms with Crippen molar-refractivity contribution in [2.24, 2.45) is 0 Å². The summed E-state index contributed by atoms with van der Waals surface area (Å²) in [4.78, 5) is 12.4. The van der Waals surface area contributed by atoms with Gasteiger partial charge in [-0.3, -0.25) is 9.69 Å². The average Bonchev–Trinajstić information content (AvgIpc) is 2.51. The van der Waals surface area contributed by atoms with Crippen molar-refractivity contribution >= 4 is 17.6 Å². The lowest BCUT2D eigenvalue weighted by molar-refractivity contribution is -0.136. The molecule has 84 valence electrons. The van der Waals surface area contributed by atoms with Gasteiger partial charge in [0.2, 0.25) is 0 Å². The number of halogens is 1. The maximum atomic E-state index is 10.5. The molecule has 0 aliphatic heterocycles. The maximum Gasteiger partial charge on any atom is 0.322 e. The van der Waals surface area contributed by atoms with Crippen LogP contribution in [0.5, 0.6) is 0 Å². The number of carboxylic acids is 1. The normalized spacial score (nSPS) is 13.1. The molecule has 0 bridgehead atoms. The summed E-state index contributed by atoms with van der Waals surface area (Å²) < 4.78 is 5.14. The Bertz CT molecular complexity index is 337. The molecule has 1 aromatic heterocycles. The summed E-state index contributed by atoms with van der Waals surface area (Å²) in [5, 5.41) is 7.76. The summed E-state index contributed by atoms with van der Waals surface area (Å²) in [5.41, 5.74) is 1.05. The lowest BCUT2D eigenvalue weighted by atomic mass is 10.2. The van der Waals surface area contributed by atoms with Crippen molar-refractivity contribution in [2.75, 3.05) is 13.6 Å². The number of carboxylic acid groups (broad SMARTS) is 1. The highest BCUT2D eigenvalue weighted by Crippen LogP contribution is 2.11. The van der Waals surface area contributed by atoms with Crippen molar-refractivity contribution in [2.45, 2.75) is 18.8 Å². The second-order valence-corrected chi connectivity index (χ2v) is 4.03. The molecule has 15 heavy (non-hydrogen) atoms. The summed E-state index contributed by atoms with van der Waals surface area (Å²) in [6, 6.07) is 1.87. The van der Waals surface area contributed by atoms with Crippen LogP contribution in [0.25, 0.3) is 0 Å². The van der Waals surface area contributed by atoms with Crippen LogP contribution in [0.4, 0.5) is 0 Å². The molecular formula is C10H14ClNO3. The van der Waals surface area contributed by atoms with Gasteiger partial charge in [0.25, 0.3) is 0 Å². The summed E-state index contributed by atoms with van der Waals surface area (Å²) in [5.74, 6) is -0.143. The first kappa shape index (κ1) is 12.1. The largest absolute Gasteiger partial charge is 0.480 e. The molecule has 0 aromatic carbocycles. The molecule has 5 heteroatoms. The Kier molecular flexibility index (Phi) is 4.17. The molecule has 1 aromatic rings. The lowest BCUT2D eigenvalue weighted by Crippen LogP contribution is -2.30. The Morgan fingerprint density at radius 3 is 2.87 bits per heavy atom. The number of carbonyl (C=O) groups is 1. The molecular weight excluding hydrogens is 218 g/mol. The molecule has 0 fully saturated rings. The number of alkyl halides is 1. The number of aryl methyl sites for hydroxylation is 1. The third-order valence-electron chi connectivity index (χ3n) is 2.15. The third kappa shape index (κ3) is 3.57. The lowest BCUT2D eigenvalue weighted by Gasteiger charge is -2.17. The zero-order valence-electron chi connectivity index (χ0n) is 8.74. The number of hydrogen-bond donors (Lipinski definition) is 1. The van der Waals surface area contributed by atoms with Gasteiger partial charge in [0.05, 0.1) is 6.26 Å². The summed E-state index contributed by atoms with van der Waals surface area (Å²) in [6.07, 6.45) is 1.62. The van der Waals surface area contributed by atoms with Crippen LogP contribution in [0.1, 0.15) is 11.3 Å². The van der Waals surface area contributed by atoms with E-state index < -0.39 is 11.3 Å². The highest BCUT2D eigenvalue weighted by molar-refractivity contribution is 6.29. The molecule has 0 aliphatic carbocycles. The highest BCUT2D eigenvalue weighted by atomic mass is 35.5. The smallest absolute Gasteiger partial charge is 0.322 e. The second-order valence-electron chi connectivity index (χ2n) is 3.50. The fourth-order valence-corrected chi connectivity index (χ4v) is 1.52. The van der Waals surface area contributed by atoms with Gasteiger partial charge in [-0.25, -0.2) is 0 Å². The van der Waals surface area contributed by atoms with Crippen LogP contribution < -0.4 is 0 Å². The number of aliphatic carboxylic acids is 1. The van der Waals surface area contributed by atoms with Gasteiger partial charge >= 0.3 is 5.97 Å². The minimum atomic E-state index is -0.993. The first-order valence-corrected chi connectivity index (χ1v) is 5.02. The molecule has 1 rings (SSSR count). The highest BCUT2D eigenvalue weighted by Gasteiger charge is 2.16. The van der Waals surface area contributed by atoms with Gasteiger partial charge in [-0.1, -0.05) is 0 Å². The first-order chi connectivity index (χ1) is 7.00. The van der Waals surface area contributed by atoms with E-state index in [-0.39, 0.29) is 0 Å². The van der Waals surface area contributed by atoms with Crippen LogP contribution in [-0.2, 0) is 11.3 Å². The zero-order valence-corrected chi connectivity index (χ0v) is 9.49. The van der Waals surface area contributed by atoms with E-state index in [1.807, 2.05) is 24.9 Å². The topological polar surface area (TPSA) is 53.7 Å². The van der Waals surface area contributed by atoms with Crippen LogP contribution in [0.3, 0.4) is 0 Å². The van der Waals surface area contributed by atoms with E-state index in [2.05, 4.69) is 0 Å². The summed E-state index contributed by atoms with van der Waals surface area (Å²) in [6.45, 7) is 2.82. The molecule has 0 amide bonds. The van der Waals surface area contributed by atoms with Gasteiger partial charge in [0.1, 0.15) is 11.1 Å². The van der Waals surface area contributed by atoms with Crippen molar-refractivity contribution < 1.29 is 14.3 Å². The SMILES string of the molecule is Cc1occc1CN(C)CC(Cl)C(=O)O. The quantitative estimate of drug-likeness (QED) is 0.784.